The van der Waals surface area contributed by atoms with E-state index in [-0.39, 0.29) is 37.5 Å². The molecule has 3 aromatic carbocycles. The van der Waals surface area contributed by atoms with Crippen LogP contribution in [0, 0.1) is 0 Å². The second kappa shape index (κ2) is 12.1. The molecule has 2 atom stereocenters. The molecule has 198 valence electrons. The highest BCUT2D eigenvalue weighted by atomic mass is 35.5. The van der Waals surface area contributed by atoms with Crippen LogP contribution in [0.5, 0.6) is 5.75 Å². The highest BCUT2D eigenvalue weighted by Crippen LogP contribution is 2.30. The number of para-hydroxylation sites is 1. The average molecular weight is 560 g/mol. The summed E-state index contributed by atoms with van der Waals surface area (Å²) in [5, 5.41) is 14.9. The van der Waals surface area contributed by atoms with Crippen molar-refractivity contribution in [3.8, 4) is 5.75 Å². The van der Waals surface area contributed by atoms with Gasteiger partial charge in [-0.25, -0.2) is 14.0 Å². The van der Waals surface area contributed by atoms with Crippen LogP contribution in [0.4, 0.5) is 20.6 Å². The highest BCUT2D eigenvalue weighted by Gasteiger charge is 2.35. The maximum absolute atomic E-state index is 14.2. The molecule has 1 aliphatic heterocycles. The summed E-state index contributed by atoms with van der Waals surface area (Å²) < 4.78 is 19.9. The molecule has 1 unspecified atom stereocenters. The van der Waals surface area contributed by atoms with Gasteiger partial charge in [0, 0.05) is 12.1 Å². The van der Waals surface area contributed by atoms with Crippen LogP contribution in [-0.2, 0) is 11.2 Å². The summed E-state index contributed by atoms with van der Waals surface area (Å²) in [7, 11) is 0. The van der Waals surface area contributed by atoms with E-state index in [2.05, 4.69) is 10.6 Å². The molecular formula is C27H24Cl2FN3O5. The Morgan fingerprint density at radius 1 is 0.974 bits per heavy atom. The minimum atomic E-state index is -1.15. The number of nitrogens with zero attached hydrogens (tertiary/aromatic N) is 1. The van der Waals surface area contributed by atoms with Crippen molar-refractivity contribution >= 4 is 52.5 Å². The summed E-state index contributed by atoms with van der Waals surface area (Å²) in [6.07, 6.45) is -0.941. The largest absolute Gasteiger partial charge is 0.491 e. The van der Waals surface area contributed by atoms with E-state index in [4.69, 9.17) is 33.0 Å². The van der Waals surface area contributed by atoms with E-state index in [1.807, 2.05) is 0 Å². The number of likely N-dealkylation sites (tertiary alicyclic amines) is 1. The molecule has 3 aromatic rings. The first-order valence-corrected chi connectivity index (χ1v) is 12.5. The van der Waals surface area contributed by atoms with Crippen molar-refractivity contribution in [1.82, 2.24) is 4.90 Å². The molecule has 0 aromatic heterocycles. The van der Waals surface area contributed by atoms with E-state index in [1.165, 1.54) is 29.2 Å². The third-order valence-corrected chi connectivity index (χ3v) is 6.63. The number of benzene rings is 3. The number of aromatic carboxylic acids is 1. The van der Waals surface area contributed by atoms with Crippen molar-refractivity contribution in [2.24, 2.45) is 0 Å². The van der Waals surface area contributed by atoms with Gasteiger partial charge in [0.15, 0.2) is 0 Å². The van der Waals surface area contributed by atoms with Crippen LogP contribution >= 0.6 is 23.2 Å². The van der Waals surface area contributed by atoms with Gasteiger partial charge in [-0.05, 0) is 54.1 Å². The zero-order valence-corrected chi connectivity index (χ0v) is 21.5. The zero-order valence-electron chi connectivity index (χ0n) is 20.0. The average Bonchev–Trinajstić information content (AvgIpc) is 3.27. The third-order valence-electron chi connectivity index (χ3n) is 6.00. The lowest BCUT2D eigenvalue weighted by atomic mass is 10.1. The topological polar surface area (TPSA) is 108 Å². The van der Waals surface area contributed by atoms with Gasteiger partial charge < -0.3 is 25.4 Å². The van der Waals surface area contributed by atoms with Crippen LogP contribution in [-0.4, -0.2) is 53.3 Å². The molecule has 3 amide bonds. The van der Waals surface area contributed by atoms with Crippen molar-refractivity contribution in [2.45, 2.75) is 25.1 Å². The fraction of sp³-hybridized carbons (Fsp3) is 0.222. The van der Waals surface area contributed by atoms with Crippen LogP contribution in [0.3, 0.4) is 0 Å². The zero-order chi connectivity index (χ0) is 27.2. The minimum absolute atomic E-state index is 0.0186. The molecule has 0 bridgehead atoms. The number of carboxylic acids is 1. The monoisotopic (exact) mass is 559 g/mol. The lowest BCUT2D eigenvalue weighted by molar-refractivity contribution is -0.132. The molecule has 0 saturated carbocycles. The Bertz CT molecular complexity index is 1300. The Hall–Kier alpha value is -3.82. The normalized spacial score (nSPS) is 16.7. The minimum Gasteiger partial charge on any atom is -0.491 e. The summed E-state index contributed by atoms with van der Waals surface area (Å²) in [5.74, 6) is -0.848. The Morgan fingerprint density at radius 3 is 2.26 bits per heavy atom. The second-order valence-electron chi connectivity index (χ2n) is 8.72. The van der Waals surface area contributed by atoms with E-state index in [1.54, 1.807) is 42.5 Å². The Balaban J connectivity index is 1.31. The smallest absolute Gasteiger partial charge is 0.335 e. The van der Waals surface area contributed by atoms with Gasteiger partial charge in [0.25, 0.3) is 0 Å². The molecule has 1 heterocycles. The summed E-state index contributed by atoms with van der Waals surface area (Å²) in [6, 6.07) is 16.5. The van der Waals surface area contributed by atoms with Gasteiger partial charge in [-0.2, -0.15) is 0 Å². The van der Waals surface area contributed by atoms with Gasteiger partial charge in [-0.1, -0.05) is 41.4 Å². The van der Waals surface area contributed by atoms with Gasteiger partial charge in [-0.15, -0.1) is 0 Å². The maximum Gasteiger partial charge on any atom is 0.335 e. The van der Waals surface area contributed by atoms with Crippen molar-refractivity contribution in [3.05, 3.63) is 87.9 Å². The van der Waals surface area contributed by atoms with Crippen molar-refractivity contribution in [2.75, 3.05) is 23.8 Å². The van der Waals surface area contributed by atoms with Gasteiger partial charge in [0.05, 0.1) is 40.3 Å². The number of carboxylic acid groups (broad SMARTS) is 1. The number of amides is 3. The van der Waals surface area contributed by atoms with Gasteiger partial charge in [0.2, 0.25) is 5.91 Å². The number of ether oxygens (including phenoxy) is 1. The first-order chi connectivity index (χ1) is 18.2. The number of rotatable bonds is 8. The summed E-state index contributed by atoms with van der Waals surface area (Å²) >= 11 is 12.1. The molecule has 11 heteroatoms. The van der Waals surface area contributed by atoms with E-state index >= 15 is 0 Å². The van der Waals surface area contributed by atoms with Crippen LogP contribution in [0.1, 0.15) is 22.3 Å². The molecule has 1 fully saturated rings. The first-order valence-electron chi connectivity index (χ1n) is 11.7. The molecule has 0 radical (unpaired) electrons. The van der Waals surface area contributed by atoms with E-state index in [9.17, 15) is 18.8 Å². The standard InChI is InChI=1S/C27H24Cl2FN3O5/c28-22-2-1-3-23(29)25(22)32-27(37)31-19-8-4-16(5-9-19)12-24(34)33-14-18(30)13-20(33)15-38-21-10-6-17(7-11-21)26(35)36/h1-11,18,20H,12-15H2,(H,35,36)(H2,31,32,37)/t18-,20?/m0/s1. The quantitative estimate of drug-likeness (QED) is 0.318. The number of hydrogen-bond acceptors (Lipinski definition) is 4. The van der Waals surface area contributed by atoms with Crippen molar-refractivity contribution < 1.29 is 28.6 Å². The fourth-order valence-corrected chi connectivity index (χ4v) is 4.58. The summed E-state index contributed by atoms with van der Waals surface area (Å²) in [5.41, 5.74) is 1.61. The summed E-state index contributed by atoms with van der Waals surface area (Å²) in [4.78, 5) is 37.7. The molecule has 1 aliphatic rings. The van der Waals surface area contributed by atoms with Crippen molar-refractivity contribution in [1.29, 1.82) is 0 Å². The summed E-state index contributed by atoms with van der Waals surface area (Å²) in [6.45, 7) is 0.0707. The first kappa shape index (κ1) is 27.2. The molecular weight excluding hydrogens is 536 g/mol. The van der Waals surface area contributed by atoms with Crippen LogP contribution in [0.15, 0.2) is 66.7 Å². The lowest BCUT2D eigenvalue weighted by Crippen LogP contribution is -2.40. The van der Waals surface area contributed by atoms with Crippen LogP contribution in [0.2, 0.25) is 10.0 Å². The molecule has 0 aliphatic carbocycles. The third kappa shape index (κ3) is 6.93. The van der Waals surface area contributed by atoms with Crippen molar-refractivity contribution in [3.63, 3.8) is 0 Å². The Morgan fingerprint density at radius 2 is 1.63 bits per heavy atom. The Labute approximate surface area is 228 Å². The maximum atomic E-state index is 14.2. The number of anilines is 2. The number of halogens is 3. The Kier molecular flexibility index (Phi) is 8.70. The number of carbonyl (C=O) groups excluding carboxylic acids is 2. The van der Waals surface area contributed by atoms with E-state index in [0.717, 1.165) is 0 Å². The predicted octanol–water partition coefficient (Wildman–Crippen LogP) is 5.90. The number of nitrogens with one attached hydrogen (secondary N) is 2. The lowest BCUT2D eigenvalue weighted by Gasteiger charge is -2.24. The molecule has 38 heavy (non-hydrogen) atoms. The fourth-order valence-electron chi connectivity index (χ4n) is 4.08. The predicted molar refractivity (Wildman–Crippen MR) is 143 cm³/mol. The van der Waals surface area contributed by atoms with Gasteiger partial charge in [-0.3, -0.25) is 4.79 Å². The van der Waals surface area contributed by atoms with Gasteiger partial charge in [0.1, 0.15) is 18.5 Å². The van der Waals surface area contributed by atoms with Gasteiger partial charge >= 0.3 is 12.0 Å². The molecule has 3 N–H and O–H groups in total. The SMILES string of the molecule is O=C(Nc1ccc(CC(=O)N2C[C@@H](F)CC2COc2ccc(C(=O)O)cc2)cc1)Nc1c(Cl)cccc1Cl. The highest BCUT2D eigenvalue weighted by molar-refractivity contribution is 6.39. The van der Waals surface area contributed by atoms with Crippen LogP contribution < -0.4 is 15.4 Å². The molecule has 0 spiro atoms. The molecule has 4 rings (SSSR count). The number of carbonyl (C=O) groups is 3. The molecule has 8 nitrogen and oxygen atoms in total. The van der Waals surface area contributed by atoms with Crippen LogP contribution in [0.25, 0.3) is 0 Å². The second-order valence-corrected chi connectivity index (χ2v) is 9.54. The number of alkyl halides is 1. The number of hydrogen-bond donors (Lipinski definition) is 3. The van der Waals surface area contributed by atoms with E-state index in [0.29, 0.717) is 32.7 Å². The molecule has 1 saturated heterocycles. The number of urea groups is 1. The van der Waals surface area contributed by atoms with E-state index < -0.39 is 24.2 Å².